The van der Waals surface area contributed by atoms with Crippen molar-refractivity contribution in [1.29, 1.82) is 0 Å². The van der Waals surface area contributed by atoms with E-state index in [-0.39, 0.29) is 6.54 Å². The minimum absolute atomic E-state index is 0.0251. The van der Waals surface area contributed by atoms with Gasteiger partial charge in [0.15, 0.2) is 23.2 Å². The average Bonchev–Trinajstić information content (AvgIpc) is 2.24. The number of Topliss-reactive ketones (excluding diaryl/α,β-unsaturated/α-hetero) is 1. The number of carbonyl (C=O) groups is 1. The second kappa shape index (κ2) is 4.44. The Balaban J connectivity index is 3.16. The number of hydrogen-bond donors (Lipinski definition) is 1. The molecule has 5 heteroatoms. The van der Waals surface area contributed by atoms with E-state index in [4.69, 9.17) is 5.73 Å². The standard InChI is InChI=1S/C10H10F3NO/c1-5(4-14)10(15)6-2-3-7(11)9(13)8(6)12/h2-3,5H,4,14H2,1H3. The molecule has 0 bridgehead atoms. The summed E-state index contributed by atoms with van der Waals surface area (Å²) in [5.41, 5.74) is 4.75. The Morgan fingerprint density at radius 1 is 1.33 bits per heavy atom. The van der Waals surface area contributed by atoms with Crippen LogP contribution in [0.5, 0.6) is 0 Å². The van der Waals surface area contributed by atoms with Gasteiger partial charge in [0, 0.05) is 12.5 Å². The molecule has 0 spiro atoms. The first kappa shape index (κ1) is 11.7. The molecule has 1 atom stereocenters. The van der Waals surface area contributed by atoms with Crippen LogP contribution in [-0.4, -0.2) is 12.3 Å². The number of benzene rings is 1. The number of halogens is 3. The maximum Gasteiger partial charge on any atom is 0.195 e. The zero-order chi connectivity index (χ0) is 11.6. The van der Waals surface area contributed by atoms with Gasteiger partial charge >= 0.3 is 0 Å². The lowest BCUT2D eigenvalue weighted by molar-refractivity contribution is 0.0929. The number of ketones is 1. The number of rotatable bonds is 3. The Bertz CT molecular complexity index is 392. The van der Waals surface area contributed by atoms with Crippen LogP contribution in [0.2, 0.25) is 0 Å². The van der Waals surface area contributed by atoms with E-state index in [9.17, 15) is 18.0 Å². The largest absolute Gasteiger partial charge is 0.330 e. The molecule has 0 saturated carbocycles. The van der Waals surface area contributed by atoms with Crippen LogP contribution in [0.3, 0.4) is 0 Å². The minimum atomic E-state index is -1.63. The maximum atomic E-state index is 13.1. The van der Waals surface area contributed by atoms with Crippen molar-refractivity contribution in [3.05, 3.63) is 35.1 Å². The van der Waals surface area contributed by atoms with E-state index in [0.29, 0.717) is 0 Å². The topological polar surface area (TPSA) is 43.1 Å². The number of nitrogens with two attached hydrogens (primary N) is 1. The zero-order valence-corrected chi connectivity index (χ0v) is 8.06. The van der Waals surface area contributed by atoms with E-state index in [2.05, 4.69) is 0 Å². The van der Waals surface area contributed by atoms with Crippen LogP contribution in [0, 0.1) is 23.4 Å². The summed E-state index contributed by atoms with van der Waals surface area (Å²) in [7, 11) is 0. The van der Waals surface area contributed by atoms with Crippen LogP contribution >= 0.6 is 0 Å². The molecule has 0 aliphatic heterocycles. The number of hydrogen-bond acceptors (Lipinski definition) is 2. The fourth-order valence-electron chi connectivity index (χ4n) is 1.09. The molecule has 0 saturated heterocycles. The molecule has 2 nitrogen and oxygen atoms in total. The van der Waals surface area contributed by atoms with Crippen LogP contribution in [0.15, 0.2) is 12.1 Å². The second-order valence-electron chi connectivity index (χ2n) is 3.22. The highest BCUT2D eigenvalue weighted by atomic mass is 19.2. The van der Waals surface area contributed by atoms with Gasteiger partial charge < -0.3 is 5.73 Å². The van der Waals surface area contributed by atoms with Gasteiger partial charge in [0.25, 0.3) is 0 Å². The van der Waals surface area contributed by atoms with E-state index < -0.39 is 34.7 Å². The lowest BCUT2D eigenvalue weighted by Crippen LogP contribution is -2.22. The minimum Gasteiger partial charge on any atom is -0.330 e. The Morgan fingerprint density at radius 2 is 1.93 bits per heavy atom. The predicted molar refractivity (Wildman–Crippen MR) is 48.9 cm³/mol. The molecule has 0 aliphatic rings. The van der Waals surface area contributed by atoms with Crippen LogP contribution in [0.1, 0.15) is 17.3 Å². The third-order valence-corrected chi connectivity index (χ3v) is 2.10. The zero-order valence-electron chi connectivity index (χ0n) is 8.06. The Kier molecular flexibility index (Phi) is 3.47. The first-order valence-corrected chi connectivity index (χ1v) is 4.36. The van der Waals surface area contributed by atoms with Crippen molar-refractivity contribution in [2.45, 2.75) is 6.92 Å². The quantitative estimate of drug-likeness (QED) is 0.620. The summed E-state index contributed by atoms with van der Waals surface area (Å²) in [5, 5.41) is 0. The monoisotopic (exact) mass is 217 g/mol. The SMILES string of the molecule is CC(CN)C(=O)c1ccc(F)c(F)c1F. The molecular weight excluding hydrogens is 207 g/mol. The molecular formula is C10H10F3NO. The second-order valence-corrected chi connectivity index (χ2v) is 3.22. The maximum absolute atomic E-state index is 13.1. The van der Waals surface area contributed by atoms with Crippen molar-refractivity contribution in [1.82, 2.24) is 0 Å². The Hall–Kier alpha value is -1.36. The van der Waals surface area contributed by atoms with Gasteiger partial charge in [-0.15, -0.1) is 0 Å². The van der Waals surface area contributed by atoms with Crippen molar-refractivity contribution in [3.8, 4) is 0 Å². The summed E-state index contributed by atoms with van der Waals surface area (Å²) >= 11 is 0. The molecule has 82 valence electrons. The summed E-state index contributed by atoms with van der Waals surface area (Å²) in [5.74, 6) is -5.66. The fraction of sp³-hybridized carbons (Fsp3) is 0.300. The molecule has 2 N–H and O–H groups in total. The van der Waals surface area contributed by atoms with Gasteiger partial charge in [0.2, 0.25) is 0 Å². The van der Waals surface area contributed by atoms with Gasteiger partial charge in [0.1, 0.15) is 0 Å². The molecule has 0 amide bonds. The van der Waals surface area contributed by atoms with Gasteiger partial charge in [0.05, 0.1) is 5.56 Å². The molecule has 1 unspecified atom stereocenters. The summed E-state index contributed by atoms with van der Waals surface area (Å²) < 4.78 is 38.5. The van der Waals surface area contributed by atoms with Crippen molar-refractivity contribution in [2.75, 3.05) is 6.54 Å². The highest BCUT2D eigenvalue weighted by Crippen LogP contribution is 2.17. The molecule has 0 radical (unpaired) electrons. The van der Waals surface area contributed by atoms with Gasteiger partial charge in [-0.1, -0.05) is 6.92 Å². The third kappa shape index (κ3) is 2.18. The highest BCUT2D eigenvalue weighted by molar-refractivity contribution is 5.98. The fourth-order valence-corrected chi connectivity index (χ4v) is 1.09. The van der Waals surface area contributed by atoms with Crippen LogP contribution in [0.25, 0.3) is 0 Å². The van der Waals surface area contributed by atoms with E-state index in [1.165, 1.54) is 6.92 Å². The Labute approximate surface area is 84.9 Å². The first-order valence-electron chi connectivity index (χ1n) is 4.36. The first-order chi connectivity index (χ1) is 6.99. The molecule has 1 aromatic rings. The summed E-state index contributed by atoms with van der Waals surface area (Å²) in [6.07, 6.45) is 0. The molecule has 0 fully saturated rings. The van der Waals surface area contributed by atoms with Crippen LogP contribution < -0.4 is 5.73 Å². The normalized spacial score (nSPS) is 12.6. The molecule has 15 heavy (non-hydrogen) atoms. The smallest absolute Gasteiger partial charge is 0.195 e. The lowest BCUT2D eigenvalue weighted by Gasteiger charge is -2.08. The third-order valence-electron chi connectivity index (χ3n) is 2.10. The number of carbonyl (C=O) groups excluding carboxylic acids is 1. The summed E-state index contributed by atoms with van der Waals surface area (Å²) in [6.45, 7) is 1.51. The summed E-state index contributed by atoms with van der Waals surface area (Å²) in [4.78, 5) is 11.5. The van der Waals surface area contributed by atoms with Gasteiger partial charge in [-0.3, -0.25) is 4.79 Å². The summed E-state index contributed by atoms with van der Waals surface area (Å²) in [6, 6.07) is 1.64. The van der Waals surface area contributed by atoms with Crippen molar-refractivity contribution in [3.63, 3.8) is 0 Å². The molecule has 1 rings (SSSR count). The highest BCUT2D eigenvalue weighted by Gasteiger charge is 2.21. The van der Waals surface area contributed by atoms with Gasteiger partial charge in [-0.05, 0) is 12.1 Å². The van der Waals surface area contributed by atoms with E-state index in [1.54, 1.807) is 0 Å². The van der Waals surface area contributed by atoms with E-state index in [1.807, 2.05) is 0 Å². The molecule has 0 heterocycles. The van der Waals surface area contributed by atoms with Crippen LogP contribution in [-0.2, 0) is 0 Å². The van der Waals surface area contributed by atoms with Crippen molar-refractivity contribution < 1.29 is 18.0 Å². The Morgan fingerprint density at radius 3 is 2.47 bits per heavy atom. The van der Waals surface area contributed by atoms with Crippen LogP contribution in [0.4, 0.5) is 13.2 Å². The average molecular weight is 217 g/mol. The van der Waals surface area contributed by atoms with Crippen molar-refractivity contribution >= 4 is 5.78 Å². The molecule has 0 aromatic heterocycles. The van der Waals surface area contributed by atoms with E-state index >= 15 is 0 Å². The van der Waals surface area contributed by atoms with Crippen molar-refractivity contribution in [2.24, 2.45) is 11.7 Å². The lowest BCUT2D eigenvalue weighted by atomic mass is 9.99. The van der Waals surface area contributed by atoms with Gasteiger partial charge in [-0.2, -0.15) is 0 Å². The molecule has 0 aliphatic carbocycles. The van der Waals surface area contributed by atoms with E-state index in [0.717, 1.165) is 12.1 Å². The predicted octanol–water partition coefficient (Wildman–Crippen LogP) is 1.88. The van der Waals surface area contributed by atoms with Gasteiger partial charge in [-0.25, -0.2) is 13.2 Å². The molecule has 1 aromatic carbocycles.